The van der Waals surface area contributed by atoms with Crippen LogP contribution in [0, 0.1) is 27.2 Å². The van der Waals surface area contributed by atoms with Gasteiger partial charge in [0.1, 0.15) is 44.4 Å². The molecule has 0 aliphatic heterocycles. The van der Waals surface area contributed by atoms with Crippen LogP contribution in [0.3, 0.4) is 0 Å². The molecule has 53 heavy (non-hydrogen) atoms. The molecule has 0 bridgehead atoms. The fraction of sp³-hybridized carbons (Fsp3) is 0.0312. The van der Waals surface area contributed by atoms with Crippen molar-refractivity contribution in [3.05, 3.63) is 123 Å². The second-order valence-electron chi connectivity index (χ2n) is 10.5. The number of azo groups is 2. The normalized spacial score (nSPS) is 11.3. The number of aromatic nitrogens is 2. The first-order valence-electron chi connectivity index (χ1n) is 14.5. The topological polar surface area (TPSA) is 292 Å². The minimum absolute atomic E-state index is 0. The van der Waals surface area contributed by atoms with Crippen LogP contribution >= 0.6 is 0 Å². The third-order valence-corrected chi connectivity index (χ3v) is 7.96. The Labute approximate surface area is 308 Å². The van der Waals surface area contributed by atoms with Gasteiger partial charge in [0, 0.05) is 47.0 Å². The molecule has 0 fully saturated rings. The Morgan fingerprint density at radius 3 is 1.72 bits per heavy atom. The van der Waals surface area contributed by atoms with E-state index in [1.165, 1.54) is 37.3 Å². The monoisotopic (exact) mass is 779 g/mol. The summed E-state index contributed by atoms with van der Waals surface area (Å²) in [4.78, 5) is 19.9. The summed E-state index contributed by atoms with van der Waals surface area (Å²) in [5, 5.41) is 82.4. The predicted octanol–water partition coefficient (Wildman–Crippen LogP) is 7.39. The zero-order chi connectivity index (χ0) is 37.7. The maximum absolute atomic E-state index is 11.0. The number of aromatic hydroxyl groups is 4. The number of non-ortho nitro benzene ring substituents is 2. The molecule has 0 atom stereocenters. The first kappa shape index (κ1) is 39.0. The van der Waals surface area contributed by atoms with Gasteiger partial charge in [-0.2, -0.15) is 9.78 Å². The molecular weight excluding hydrogens is 756 g/mol. The molecular formula is C32H23CrN8O11S-. The van der Waals surface area contributed by atoms with Gasteiger partial charge in [-0.3, -0.25) is 20.2 Å². The maximum atomic E-state index is 11.0. The Kier molecular flexibility index (Phi) is 11.8. The molecule has 0 saturated carbocycles. The first-order valence-corrected chi connectivity index (χ1v) is 15.9. The smallest absolute Gasteiger partial charge is 0.271 e. The Bertz CT molecular complexity index is 2530. The van der Waals surface area contributed by atoms with Gasteiger partial charge in [-0.25, -0.2) is 8.42 Å². The van der Waals surface area contributed by atoms with Crippen molar-refractivity contribution in [2.24, 2.45) is 20.5 Å². The summed E-state index contributed by atoms with van der Waals surface area (Å²) in [5.74, 6) is -1.11. The minimum atomic E-state index is -4.62. The van der Waals surface area contributed by atoms with E-state index in [-0.39, 0.29) is 80.1 Å². The average molecular weight is 780 g/mol. The average Bonchev–Trinajstić information content (AvgIpc) is 3.39. The molecule has 4 N–H and O–H groups in total. The van der Waals surface area contributed by atoms with Crippen molar-refractivity contribution in [2.75, 3.05) is 0 Å². The molecule has 6 rings (SSSR count). The number of fused-ring (bicyclic) bond motifs is 1. The first-order chi connectivity index (χ1) is 24.6. The molecule has 0 unspecified atom stereocenters. The number of phenolic OH excluding ortho intramolecular Hbond substituents is 3. The summed E-state index contributed by atoms with van der Waals surface area (Å²) in [6.07, 6.45) is 0. The number of phenols is 3. The van der Waals surface area contributed by atoms with Crippen LogP contribution in [0.25, 0.3) is 16.5 Å². The van der Waals surface area contributed by atoms with E-state index in [1.54, 1.807) is 18.2 Å². The number of nitro groups is 2. The molecule has 0 aliphatic rings. The van der Waals surface area contributed by atoms with Crippen molar-refractivity contribution < 1.29 is 60.6 Å². The molecule has 0 saturated heterocycles. The van der Waals surface area contributed by atoms with Crippen LogP contribution in [0.2, 0.25) is 0 Å². The van der Waals surface area contributed by atoms with E-state index in [2.05, 4.69) is 25.6 Å². The fourth-order valence-electron chi connectivity index (χ4n) is 4.53. The standard InChI is InChI=1S/C16H13N5O7S.C16H11N3O4.Cr/c1-9-15(18-17-13-8-11(21(24)25)4-7-14(13)22)16(23)20(19-9)10-2-5-12(6-3-10)29(26,27)28;20-14-8-6-11(19(22)23)9-13(14)17-18-16-12-4-2-1-3-10(12)5-7-15(16)21;/h2-8,22-23H,1H3,(H,26,27,28);1-9,20-21H;/p-1. The van der Waals surface area contributed by atoms with E-state index in [0.717, 1.165) is 46.5 Å². The molecule has 0 aliphatic carbocycles. The molecule has 6 aromatic rings. The van der Waals surface area contributed by atoms with E-state index < -0.39 is 30.7 Å². The number of rotatable bonds is 8. The van der Waals surface area contributed by atoms with E-state index in [4.69, 9.17) is 0 Å². The molecule has 0 radical (unpaired) electrons. The fourth-order valence-corrected chi connectivity index (χ4v) is 4.99. The van der Waals surface area contributed by atoms with Crippen LogP contribution in [-0.2, 0) is 27.5 Å². The molecule has 19 nitrogen and oxygen atoms in total. The SMILES string of the molecule is Cc1nn(-c2ccc(S(=O)(=O)[O-])cc2)c(O)c1N=Nc1cc([N+](=O)[O-])ccc1O.O=[N+]([O-])c1ccc(O)c(N=Nc2c(O)ccc3ccccc23)c1.[Cr]. The third kappa shape index (κ3) is 8.93. The molecule has 0 spiro atoms. The summed E-state index contributed by atoms with van der Waals surface area (Å²) in [6.45, 7) is 1.51. The van der Waals surface area contributed by atoms with E-state index >= 15 is 0 Å². The van der Waals surface area contributed by atoms with Crippen molar-refractivity contribution >= 4 is 55.0 Å². The number of nitro benzene ring substituents is 2. The van der Waals surface area contributed by atoms with E-state index in [0.29, 0.717) is 5.39 Å². The van der Waals surface area contributed by atoms with Crippen LogP contribution in [0.5, 0.6) is 23.1 Å². The van der Waals surface area contributed by atoms with Crippen molar-refractivity contribution in [2.45, 2.75) is 11.8 Å². The number of nitrogens with zero attached hydrogens (tertiary/aromatic N) is 8. The molecule has 21 heteroatoms. The predicted molar refractivity (Wildman–Crippen MR) is 181 cm³/mol. The zero-order valence-corrected chi connectivity index (χ0v) is 28.9. The second kappa shape index (κ2) is 16.0. The summed E-state index contributed by atoms with van der Waals surface area (Å²) >= 11 is 0. The van der Waals surface area contributed by atoms with Gasteiger partial charge in [-0.05, 0) is 54.8 Å². The van der Waals surface area contributed by atoms with Crippen molar-refractivity contribution in [3.8, 4) is 28.8 Å². The number of aryl methyl sites for hydroxylation is 1. The Hall–Kier alpha value is -6.79. The zero-order valence-electron chi connectivity index (χ0n) is 26.8. The van der Waals surface area contributed by atoms with E-state index in [9.17, 15) is 53.6 Å². The van der Waals surface area contributed by atoms with Crippen molar-refractivity contribution in [1.29, 1.82) is 0 Å². The van der Waals surface area contributed by atoms with Gasteiger partial charge < -0.3 is 25.0 Å². The molecule has 5 aromatic carbocycles. The van der Waals surface area contributed by atoms with Crippen LogP contribution in [0.1, 0.15) is 5.69 Å². The van der Waals surface area contributed by atoms with Crippen LogP contribution in [0.4, 0.5) is 34.1 Å². The van der Waals surface area contributed by atoms with Crippen LogP contribution in [-0.4, -0.2) is 53.0 Å². The number of hydrogen-bond acceptors (Lipinski definition) is 16. The minimum Gasteiger partial charge on any atom is -0.744 e. The summed E-state index contributed by atoms with van der Waals surface area (Å²) in [5.41, 5.74) is -0.109. The van der Waals surface area contributed by atoms with Gasteiger partial charge in [0.15, 0.2) is 5.69 Å². The second-order valence-corrected chi connectivity index (χ2v) is 11.9. The molecule has 270 valence electrons. The van der Waals surface area contributed by atoms with Crippen molar-refractivity contribution in [1.82, 2.24) is 9.78 Å². The van der Waals surface area contributed by atoms with Gasteiger partial charge in [-0.1, -0.05) is 30.3 Å². The van der Waals surface area contributed by atoms with Crippen LogP contribution in [0.15, 0.2) is 122 Å². The Morgan fingerprint density at radius 1 is 0.679 bits per heavy atom. The molecule has 1 heterocycles. The third-order valence-electron chi connectivity index (χ3n) is 7.11. The summed E-state index contributed by atoms with van der Waals surface area (Å²) in [6, 6.07) is 21.8. The quantitative estimate of drug-likeness (QED) is 0.0509. The van der Waals surface area contributed by atoms with Gasteiger partial charge >= 0.3 is 0 Å². The molecule has 1 aromatic heterocycles. The summed E-state index contributed by atoms with van der Waals surface area (Å²) in [7, 11) is -4.62. The Balaban J connectivity index is 0.000000238. The number of hydrogen-bond donors (Lipinski definition) is 4. The van der Waals surface area contributed by atoms with E-state index in [1.807, 2.05) is 12.1 Å². The number of benzene rings is 5. The summed E-state index contributed by atoms with van der Waals surface area (Å²) < 4.78 is 34.0. The molecule has 0 amide bonds. The van der Waals surface area contributed by atoms with Gasteiger partial charge in [0.2, 0.25) is 5.88 Å². The van der Waals surface area contributed by atoms with Gasteiger partial charge in [-0.15, -0.1) is 20.5 Å². The van der Waals surface area contributed by atoms with Crippen LogP contribution < -0.4 is 0 Å². The van der Waals surface area contributed by atoms with Crippen molar-refractivity contribution in [3.63, 3.8) is 0 Å². The van der Waals surface area contributed by atoms with Gasteiger partial charge in [0.25, 0.3) is 11.4 Å². The Morgan fingerprint density at radius 2 is 1.19 bits per heavy atom. The van der Waals surface area contributed by atoms with Gasteiger partial charge in [0.05, 0.1) is 26.1 Å². The largest absolute Gasteiger partial charge is 0.744 e. The maximum Gasteiger partial charge on any atom is 0.271 e.